The molecule has 19 heavy (non-hydrogen) atoms. The summed E-state index contributed by atoms with van der Waals surface area (Å²) in [4.78, 5) is 6.33. The minimum absolute atomic E-state index is 0.0107. The molecule has 1 aromatic heterocycles. The molecule has 0 unspecified atom stereocenters. The molecule has 0 aromatic carbocycles. The number of halogens is 2. The van der Waals surface area contributed by atoms with Crippen LogP contribution in [0, 0.1) is 12.0 Å². The Morgan fingerprint density at radius 3 is 2.84 bits per heavy atom. The van der Waals surface area contributed by atoms with Crippen molar-refractivity contribution in [1.82, 2.24) is 4.98 Å². The van der Waals surface area contributed by atoms with Gasteiger partial charge in [0.05, 0.1) is 0 Å². The fourth-order valence-electron chi connectivity index (χ4n) is 2.59. The SMILES string of the molecule is FC1(F)CCCN(c2[c]cc(CC3CC3)cn2)CC1. The van der Waals surface area contributed by atoms with Gasteiger partial charge < -0.3 is 4.90 Å². The van der Waals surface area contributed by atoms with Crippen molar-refractivity contribution >= 4 is 5.82 Å². The van der Waals surface area contributed by atoms with Gasteiger partial charge in [0.1, 0.15) is 5.82 Å². The van der Waals surface area contributed by atoms with Crippen LogP contribution < -0.4 is 4.90 Å². The Balaban J connectivity index is 1.64. The number of aromatic nitrogens is 1. The van der Waals surface area contributed by atoms with Gasteiger partial charge in [0.25, 0.3) is 0 Å². The Morgan fingerprint density at radius 2 is 2.16 bits per heavy atom. The average Bonchev–Trinajstić information content (AvgIpc) is 3.19. The van der Waals surface area contributed by atoms with Gasteiger partial charge in [0, 0.05) is 38.2 Å². The first-order valence-corrected chi connectivity index (χ1v) is 7.12. The van der Waals surface area contributed by atoms with Gasteiger partial charge in [0.15, 0.2) is 0 Å². The van der Waals surface area contributed by atoms with Gasteiger partial charge >= 0.3 is 0 Å². The van der Waals surface area contributed by atoms with Crippen LogP contribution in [0.15, 0.2) is 12.3 Å². The van der Waals surface area contributed by atoms with E-state index in [9.17, 15) is 8.78 Å². The Labute approximate surface area is 112 Å². The van der Waals surface area contributed by atoms with Crippen LogP contribution in [0.3, 0.4) is 0 Å². The zero-order valence-corrected chi connectivity index (χ0v) is 11.0. The van der Waals surface area contributed by atoms with Crippen molar-refractivity contribution in [2.24, 2.45) is 5.92 Å². The second-order valence-electron chi connectivity index (χ2n) is 5.79. The van der Waals surface area contributed by atoms with Crippen molar-refractivity contribution in [2.45, 2.75) is 44.4 Å². The minimum Gasteiger partial charge on any atom is -0.356 e. The molecule has 0 bridgehead atoms. The number of rotatable bonds is 3. The molecule has 1 saturated carbocycles. The second-order valence-corrected chi connectivity index (χ2v) is 5.79. The first-order chi connectivity index (χ1) is 9.12. The van der Waals surface area contributed by atoms with Crippen LogP contribution in [-0.2, 0) is 6.42 Å². The van der Waals surface area contributed by atoms with Gasteiger partial charge in [-0.25, -0.2) is 13.8 Å². The third-order valence-electron chi connectivity index (χ3n) is 3.98. The highest BCUT2D eigenvalue weighted by Gasteiger charge is 2.32. The summed E-state index contributed by atoms with van der Waals surface area (Å²) in [5, 5.41) is 0. The Morgan fingerprint density at radius 1 is 1.32 bits per heavy atom. The molecule has 3 rings (SSSR count). The minimum atomic E-state index is -2.51. The molecule has 2 nitrogen and oxygen atoms in total. The quantitative estimate of drug-likeness (QED) is 0.832. The number of anilines is 1. The van der Waals surface area contributed by atoms with E-state index in [1.54, 1.807) is 0 Å². The van der Waals surface area contributed by atoms with Crippen LogP contribution in [0.25, 0.3) is 0 Å². The highest BCUT2D eigenvalue weighted by Crippen LogP contribution is 2.33. The van der Waals surface area contributed by atoms with Gasteiger partial charge in [-0.3, -0.25) is 0 Å². The fourth-order valence-corrected chi connectivity index (χ4v) is 2.59. The van der Waals surface area contributed by atoms with E-state index in [1.807, 2.05) is 17.2 Å². The highest BCUT2D eigenvalue weighted by molar-refractivity contribution is 5.38. The summed E-state index contributed by atoms with van der Waals surface area (Å²) in [6.45, 7) is 1.03. The van der Waals surface area contributed by atoms with Crippen LogP contribution in [-0.4, -0.2) is 24.0 Å². The first kappa shape index (κ1) is 12.8. The number of nitrogens with zero attached hydrogens (tertiary/aromatic N) is 2. The van der Waals surface area contributed by atoms with Crippen LogP contribution in [0.4, 0.5) is 14.6 Å². The van der Waals surface area contributed by atoms with E-state index < -0.39 is 5.92 Å². The van der Waals surface area contributed by atoms with Gasteiger partial charge in [-0.1, -0.05) is 0 Å². The molecule has 0 amide bonds. The molecule has 0 N–H and O–H groups in total. The van der Waals surface area contributed by atoms with Gasteiger partial charge in [-0.15, -0.1) is 0 Å². The molecule has 1 saturated heterocycles. The molecule has 1 aliphatic heterocycles. The van der Waals surface area contributed by atoms with Crippen LogP contribution in [0.1, 0.15) is 37.7 Å². The summed E-state index contributed by atoms with van der Waals surface area (Å²) in [6, 6.07) is 5.14. The van der Waals surface area contributed by atoms with Crippen LogP contribution >= 0.6 is 0 Å². The van der Waals surface area contributed by atoms with Crippen molar-refractivity contribution in [3.63, 3.8) is 0 Å². The monoisotopic (exact) mass is 265 g/mol. The topological polar surface area (TPSA) is 16.1 Å². The van der Waals surface area contributed by atoms with Gasteiger partial charge in [0.2, 0.25) is 5.92 Å². The lowest BCUT2D eigenvalue weighted by atomic mass is 10.1. The van der Waals surface area contributed by atoms with Crippen molar-refractivity contribution in [3.8, 4) is 0 Å². The summed E-state index contributed by atoms with van der Waals surface area (Å²) < 4.78 is 26.6. The van der Waals surface area contributed by atoms with Crippen molar-refractivity contribution < 1.29 is 8.78 Å². The maximum Gasteiger partial charge on any atom is 0.249 e. The lowest BCUT2D eigenvalue weighted by molar-refractivity contribution is -0.0102. The van der Waals surface area contributed by atoms with Crippen LogP contribution in [0.5, 0.6) is 0 Å². The van der Waals surface area contributed by atoms with E-state index in [0.717, 1.165) is 18.2 Å². The third-order valence-corrected chi connectivity index (χ3v) is 3.98. The van der Waals surface area contributed by atoms with Gasteiger partial charge in [-0.2, -0.15) is 0 Å². The summed E-state index contributed by atoms with van der Waals surface area (Å²) in [5.74, 6) is -0.962. The predicted molar refractivity (Wildman–Crippen MR) is 70.5 cm³/mol. The average molecular weight is 265 g/mol. The number of pyridine rings is 1. The van der Waals surface area contributed by atoms with E-state index in [-0.39, 0.29) is 12.8 Å². The second kappa shape index (κ2) is 5.06. The van der Waals surface area contributed by atoms with E-state index >= 15 is 0 Å². The summed E-state index contributed by atoms with van der Waals surface area (Å²) in [6.07, 6.45) is 6.04. The fraction of sp³-hybridized carbons (Fsp3) is 0.667. The van der Waals surface area contributed by atoms with Gasteiger partial charge in [-0.05, 0) is 43.2 Å². The maximum atomic E-state index is 13.3. The summed E-state index contributed by atoms with van der Waals surface area (Å²) >= 11 is 0. The van der Waals surface area contributed by atoms with Crippen molar-refractivity contribution in [2.75, 3.05) is 18.0 Å². The Kier molecular flexibility index (Phi) is 3.42. The van der Waals surface area contributed by atoms with E-state index in [4.69, 9.17) is 0 Å². The smallest absolute Gasteiger partial charge is 0.249 e. The number of hydrogen-bond donors (Lipinski definition) is 0. The standard InChI is InChI=1S/C15H19F2N2/c16-15(17)6-1-8-19(9-7-15)14-5-4-13(11-18-14)10-12-2-3-12/h4,11-12H,1-3,6-10H2. The lowest BCUT2D eigenvalue weighted by Crippen LogP contribution is -2.26. The molecule has 0 atom stereocenters. The maximum absolute atomic E-state index is 13.3. The lowest BCUT2D eigenvalue weighted by Gasteiger charge is -2.21. The van der Waals surface area contributed by atoms with Crippen LogP contribution in [0.2, 0.25) is 0 Å². The molecule has 2 aliphatic rings. The number of alkyl halides is 2. The predicted octanol–water partition coefficient (Wildman–Crippen LogP) is 3.46. The molecule has 103 valence electrons. The largest absolute Gasteiger partial charge is 0.356 e. The third kappa shape index (κ3) is 3.43. The molecule has 1 radical (unpaired) electrons. The Bertz CT molecular complexity index is 426. The molecule has 1 aromatic rings. The molecule has 2 heterocycles. The first-order valence-electron chi connectivity index (χ1n) is 7.12. The molecular formula is C15H19F2N2. The van der Waals surface area contributed by atoms with E-state index in [0.29, 0.717) is 19.5 Å². The van der Waals surface area contributed by atoms with Crippen molar-refractivity contribution in [3.05, 3.63) is 23.9 Å². The zero-order valence-electron chi connectivity index (χ0n) is 11.0. The van der Waals surface area contributed by atoms with E-state index in [1.165, 1.54) is 18.4 Å². The normalized spacial score (nSPS) is 23.2. The molecule has 2 fully saturated rings. The number of hydrogen-bond acceptors (Lipinski definition) is 2. The molecular weight excluding hydrogens is 246 g/mol. The summed E-state index contributed by atoms with van der Waals surface area (Å²) in [7, 11) is 0. The molecule has 0 spiro atoms. The van der Waals surface area contributed by atoms with Crippen molar-refractivity contribution in [1.29, 1.82) is 0 Å². The van der Waals surface area contributed by atoms with E-state index in [2.05, 4.69) is 11.1 Å². The zero-order chi connectivity index (χ0) is 13.3. The highest BCUT2D eigenvalue weighted by atomic mass is 19.3. The molecule has 4 heteroatoms. The Hall–Kier alpha value is -1.19. The summed E-state index contributed by atoms with van der Waals surface area (Å²) in [5.41, 5.74) is 1.21. The molecule has 1 aliphatic carbocycles.